The zero-order valence-corrected chi connectivity index (χ0v) is 19.2. The van der Waals surface area contributed by atoms with Crippen molar-refractivity contribution in [2.24, 2.45) is 5.92 Å². The highest BCUT2D eigenvalue weighted by Crippen LogP contribution is 2.66. The normalized spacial score (nSPS) is 23.2. The van der Waals surface area contributed by atoms with Gasteiger partial charge in [-0.2, -0.15) is 0 Å². The zero-order chi connectivity index (χ0) is 20.6. The largest absolute Gasteiger partial charge is 0.334 e. The van der Waals surface area contributed by atoms with Crippen molar-refractivity contribution >= 4 is 15.2 Å². The van der Waals surface area contributed by atoms with Crippen LogP contribution in [0.5, 0.6) is 0 Å². The number of hydrogen-bond acceptors (Lipinski definition) is 6. The SMILES string of the molecule is CCOP(=O)(C[C@H]1CC[C@@H](c2ccccc2)[C@@H]1P(=O)(OCC)OCC)OCC. The molecule has 1 aromatic rings. The fourth-order valence-electron chi connectivity index (χ4n) is 4.20. The highest BCUT2D eigenvalue weighted by Gasteiger charge is 2.52. The predicted molar refractivity (Wildman–Crippen MR) is 112 cm³/mol. The minimum atomic E-state index is -3.40. The van der Waals surface area contributed by atoms with Crippen molar-refractivity contribution in [3.8, 4) is 0 Å². The van der Waals surface area contributed by atoms with E-state index >= 15 is 0 Å². The molecular formula is C20H34O6P2. The Morgan fingerprint density at radius 3 is 1.86 bits per heavy atom. The Balaban J connectivity index is 2.40. The van der Waals surface area contributed by atoms with Gasteiger partial charge in [-0.15, -0.1) is 0 Å². The molecule has 3 atom stereocenters. The Hall–Kier alpha value is -0.480. The second-order valence-electron chi connectivity index (χ2n) is 6.85. The summed E-state index contributed by atoms with van der Waals surface area (Å²) < 4.78 is 49.5. The zero-order valence-electron chi connectivity index (χ0n) is 17.4. The molecule has 0 aromatic heterocycles. The Labute approximate surface area is 169 Å². The van der Waals surface area contributed by atoms with E-state index in [0.29, 0.717) is 26.4 Å². The molecule has 1 fully saturated rings. The van der Waals surface area contributed by atoms with E-state index in [4.69, 9.17) is 18.1 Å². The van der Waals surface area contributed by atoms with Crippen LogP contribution >= 0.6 is 15.2 Å². The van der Waals surface area contributed by atoms with Gasteiger partial charge >= 0.3 is 15.2 Å². The average molecular weight is 432 g/mol. The summed E-state index contributed by atoms with van der Waals surface area (Å²) >= 11 is 0. The van der Waals surface area contributed by atoms with Crippen molar-refractivity contribution in [2.45, 2.75) is 52.1 Å². The summed E-state index contributed by atoms with van der Waals surface area (Å²) in [6.45, 7) is 8.46. The maximum atomic E-state index is 13.8. The van der Waals surface area contributed by atoms with Crippen LogP contribution in [-0.2, 0) is 27.2 Å². The molecule has 1 saturated carbocycles. The first-order chi connectivity index (χ1) is 13.4. The van der Waals surface area contributed by atoms with E-state index in [1.807, 2.05) is 44.2 Å². The summed E-state index contributed by atoms with van der Waals surface area (Å²) in [4.78, 5) is 0. The Kier molecular flexibility index (Phi) is 9.40. The van der Waals surface area contributed by atoms with Gasteiger partial charge in [-0.25, -0.2) is 0 Å². The van der Waals surface area contributed by atoms with Crippen molar-refractivity contribution in [1.29, 1.82) is 0 Å². The summed E-state index contributed by atoms with van der Waals surface area (Å²) in [5.74, 6) is -0.107. The molecule has 0 unspecified atom stereocenters. The molecule has 6 nitrogen and oxygen atoms in total. The first-order valence-electron chi connectivity index (χ1n) is 10.2. The lowest BCUT2D eigenvalue weighted by Crippen LogP contribution is -2.26. The van der Waals surface area contributed by atoms with E-state index in [2.05, 4.69) is 0 Å². The van der Waals surface area contributed by atoms with E-state index < -0.39 is 15.2 Å². The Morgan fingerprint density at radius 1 is 0.821 bits per heavy atom. The molecule has 8 heteroatoms. The van der Waals surface area contributed by atoms with Crippen LogP contribution in [0.2, 0.25) is 0 Å². The number of benzene rings is 1. The maximum absolute atomic E-state index is 13.8. The van der Waals surface area contributed by atoms with Crippen LogP contribution in [0.15, 0.2) is 30.3 Å². The molecule has 0 bridgehead atoms. The van der Waals surface area contributed by atoms with Crippen molar-refractivity contribution < 1.29 is 27.2 Å². The first-order valence-corrected chi connectivity index (χ1v) is 13.6. The van der Waals surface area contributed by atoms with Crippen LogP contribution in [-0.4, -0.2) is 38.2 Å². The lowest BCUT2D eigenvalue weighted by molar-refractivity contribution is 0.200. The fourth-order valence-corrected chi connectivity index (χ4v) is 9.09. The van der Waals surface area contributed by atoms with E-state index in [-0.39, 0.29) is 23.7 Å². The molecule has 2 rings (SSSR count). The highest BCUT2D eigenvalue weighted by molar-refractivity contribution is 7.55. The van der Waals surface area contributed by atoms with Crippen LogP contribution in [0.1, 0.15) is 52.0 Å². The molecule has 160 valence electrons. The molecule has 28 heavy (non-hydrogen) atoms. The maximum Gasteiger partial charge on any atom is 0.334 e. The molecule has 0 amide bonds. The van der Waals surface area contributed by atoms with E-state index in [0.717, 1.165) is 18.4 Å². The van der Waals surface area contributed by atoms with Gasteiger partial charge in [0.05, 0.1) is 38.2 Å². The average Bonchev–Trinajstić information content (AvgIpc) is 3.07. The van der Waals surface area contributed by atoms with Gasteiger partial charge in [0.2, 0.25) is 0 Å². The second-order valence-corrected chi connectivity index (χ2v) is 11.1. The summed E-state index contributed by atoms with van der Waals surface area (Å²) in [5.41, 5.74) is 0.737. The van der Waals surface area contributed by atoms with Crippen molar-refractivity contribution in [3.05, 3.63) is 35.9 Å². The summed E-state index contributed by atoms with van der Waals surface area (Å²) in [6, 6.07) is 10.0. The monoisotopic (exact) mass is 432 g/mol. The van der Waals surface area contributed by atoms with Gasteiger partial charge in [-0.1, -0.05) is 30.3 Å². The third-order valence-electron chi connectivity index (χ3n) is 5.06. The van der Waals surface area contributed by atoms with Crippen LogP contribution < -0.4 is 0 Å². The minimum Gasteiger partial charge on any atom is -0.309 e. The second kappa shape index (κ2) is 11.1. The molecule has 0 saturated heterocycles. The summed E-state index contributed by atoms with van der Waals surface area (Å²) in [5, 5.41) is 0. The molecule has 0 heterocycles. The van der Waals surface area contributed by atoms with Gasteiger partial charge in [-0.05, 0) is 57.9 Å². The standard InChI is InChI=1S/C20H34O6P2/c1-5-23-27(21,24-6-2)16-18-14-15-19(17-12-10-9-11-13-17)20(18)28(22,25-7-3)26-8-4/h9-13,18-20H,5-8,14-16H2,1-4H3/t18-,19+,20-/m1/s1. The van der Waals surface area contributed by atoms with Crippen molar-refractivity contribution in [2.75, 3.05) is 32.6 Å². The van der Waals surface area contributed by atoms with Gasteiger partial charge in [0, 0.05) is 0 Å². The topological polar surface area (TPSA) is 71.1 Å². The van der Waals surface area contributed by atoms with Crippen LogP contribution in [0.25, 0.3) is 0 Å². The van der Waals surface area contributed by atoms with Crippen LogP contribution in [0.3, 0.4) is 0 Å². The fraction of sp³-hybridized carbons (Fsp3) is 0.700. The van der Waals surface area contributed by atoms with Crippen molar-refractivity contribution in [1.82, 2.24) is 0 Å². The van der Waals surface area contributed by atoms with E-state index in [1.165, 1.54) is 0 Å². The van der Waals surface area contributed by atoms with E-state index in [9.17, 15) is 9.13 Å². The Bertz CT molecular complexity index is 661. The molecule has 0 spiro atoms. The van der Waals surface area contributed by atoms with Crippen molar-refractivity contribution in [3.63, 3.8) is 0 Å². The van der Waals surface area contributed by atoms with Gasteiger partial charge in [0.25, 0.3) is 0 Å². The number of rotatable bonds is 12. The molecular weight excluding hydrogens is 398 g/mol. The molecule has 0 radical (unpaired) electrons. The third-order valence-corrected chi connectivity index (χ3v) is 10.0. The quantitative estimate of drug-likeness (QED) is 0.373. The van der Waals surface area contributed by atoms with Crippen LogP contribution in [0.4, 0.5) is 0 Å². The van der Waals surface area contributed by atoms with Crippen LogP contribution in [0, 0.1) is 5.92 Å². The summed E-state index contributed by atoms with van der Waals surface area (Å²) in [7, 11) is -6.66. The molecule has 0 aliphatic heterocycles. The Morgan fingerprint density at radius 2 is 1.36 bits per heavy atom. The van der Waals surface area contributed by atoms with E-state index in [1.54, 1.807) is 13.8 Å². The molecule has 0 N–H and O–H groups in total. The summed E-state index contributed by atoms with van der Waals surface area (Å²) in [6.07, 6.45) is 1.84. The lowest BCUT2D eigenvalue weighted by Gasteiger charge is -2.33. The van der Waals surface area contributed by atoms with Gasteiger partial charge in [0.15, 0.2) is 0 Å². The van der Waals surface area contributed by atoms with Gasteiger partial charge in [0.1, 0.15) is 0 Å². The molecule has 1 aliphatic rings. The molecule has 1 aliphatic carbocycles. The minimum absolute atomic E-state index is 0.0202. The molecule has 1 aromatic carbocycles. The third kappa shape index (κ3) is 5.78. The number of hydrogen-bond donors (Lipinski definition) is 0. The predicted octanol–water partition coefficient (Wildman–Crippen LogP) is 6.08. The lowest BCUT2D eigenvalue weighted by atomic mass is 9.96. The smallest absolute Gasteiger partial charge is 0.309 e. The highest BCUT2D eigenvalue weighted by atomic mass is 31.2. The van der Waals surface area contributed by atoms with Gasteiger partial charge in [-0.3, -0.25) is 9.13 Å². The first kappa shape index (κ1) is 23.8. The van der Waals surface area contributed by atoms with Gasteiger partial charge < -0.3 is 18.1 Å².